The van der Waals surface area contributed by atoms with Crippen LogP contribution in [0.5, 0.6) is 0 Å². The number of rotatable bonds is 2. The largest absolute Gasteiger partial charge is 0.444 e. The third kappa shape index (κ3) is 5.96. The predicted octanol–water partition coefficient (Wildman–Crippen LogP) is 1.88. The van der Waals surface area contributed by atoms with Crippen molar-refractivity contribution in [1.82, 2.24) is 5.32 Å². The third-order valence-electron chi connectivity index (χ3n) is 2.10. The Hall–Kier alpha value is -1.50. The van der Waals surface area contributed by atoms with E-state index in [2.05, 4.69) is 17.2 Å². The summed E-state index contributed by atoms with van der Waals surface area (Å²) < 4.78 is 5.05. The Morgan fingerprint density at radius 2 is 1.94 bits per heavy atom. The lowest BCUT2D eigenvalue weighted by Gasteiger charge is -2.20. The maximum atomic E-state index is 11.5. The van der Waals surface area contributed by atoms with Crippen LogP contribution in [0, 0.1) is 17.8 Å². The van der Waals surface area contributed by atoms with Crippen molar-refractivity contribution in [1.29, 1.82) is 0 Å². The number of amides is 1. The molecule has 1 aliphatic rings. The van der Waals surface area contributed by atoms with Crippen molar-refractivity contribution in [2.75, 3.05) is 0 Å². The van der Waals surface area contributed by atoms with Crippen LogP contribution in [0.4, 0.5) is 4.79 Å². The number of nitrogens with one attached hydrogen (secondary N) is 1. The molecule has 1 aliphatic carbocycles. The van der Waals surface area contributed by atoms with Gasteiger partial charge in [0.05, 0.1) is 0 Å². The van der Waals surface area contributed by atoms with Gasteiger partial charge in [-0.3, -0.25) is 4.79 Å². The van der Waals surface area contributed by atoms with Crippen molar-refractivity contribution in [3.8, 4) is 11.8 Å². The second-order valence-electron chi connectivity index (χ2n) is 5.28. The molecule has 0 aliphatic heterocycles. The molecule has 4 nitrogen and oxygen atoms in total. The third-order valence-corrected chi connectivity index (χ3v) is 2.10. The normalized spacial score (nSPS) is 16.5. The van der Waals surface area contributed by atoms with Crippen molar-refractivity contribution in [3.05, 3.63) is 0 Å². The molecule has 0 saturated heterocycles. The molecule has 0 bridgehead atoms. The molecule has 1 N–H and O–H groups in total. The van der Waals surface area contributed by atoms with Crippen molar-refractivity contribution in [2.24, 2.45) is 5.92 Å². The number of alkyl carbamates (subject to hydrolysis) is 1. The minimum absolute atomic E-state index is 0.275. The number of ether oxygens (including phenoxy) is 1. The predicted molar refractivity (Wildman–Crippen MR) is 64.3 cm³/mol. The van der Waals surface area contributed by atoms with Gasteiger partial charge in [-0.05, 0) is 46.5 Å². The molecule has 4 heteroatoms. The highest BCUT2D eigenvalue weighted by Crippen LogP contribution is 2.27. The molecule has 1 unspecified atom stereocenters. The molecule has 1 fully saturated rings. The van der Waals surface area contributed by atoms with Crippen LogP contribution >= 0.6 is 0 Å². The highest BCUT2D eigenvalue weighted by atomic mass is 16.6. The molecular weight excluding hydrogens is 218 g/mol. The highest BCUT2D eigenvalue weighted by molar-refractivity contribution is 6.00. The summed E-state index contributed by atoms with van der Waals surface area (Å²) in [6.45, 7) is 6.91. The Morgan fingerprint density at radius 1 is 1.35 bits per heavy atom. The monoisotopic (exact) mass is 237 g/mol. The summed E-state index contributed by atoms with van der Waals surface area (Å²) in [6.07, 6.45) is 1.56. The summed E-state index contributed by atoms with van der Waals surface area (Å²) in [5.41, 5.74) is -0.563. The zero-order valence-electron chi connectivity index (χ0n) is 10.8. The van der Waals surface area contributed by atoms with Crippen molar-refractivity contribution < 1.29 is 14.3 Å². The fourth-order valence-electron chi connectivity index (χ4n) is 1.06. The maximum absolute atomic E-state index is 11.5. The lowest BCUT2D eigenvalue weighted by molar-refractivity contribution is -0.115. The molecule has 1 rings (SSSR count). The minimum Gasteiger partial charge on any atom is -0.444 e. The summed E-state index contributed by atoms with van der Waals surface area (Å²) >= 11 is 0. The number of hydrogen-bond donors (Lipinski definition) is 1. The van der Waals surface area contributed by atoms with Gasteiger partial charge in [0, 0.05) is 5.92 Å². The van der Waals surface area contributed by atoms with Crippen molar-refractivity contribution >= 4 is 11.9 Å². The zero-order chi connectivity index (χ0) is 13.1. The summed E-state index contributed by atoms with van der Waals surface area (Å²) in [5, 5.41) is 2.47. The molecule has 0 aromatic rings. The maximum Gasteiger partial charge on any atom is 0.408 e. The molecular formula is C13H19NO3. The minimum atomic E-state index is -0.629. The summed E-state index contributed by atoms with van der Waals surface area (Å²) in [4.78, 5) is 22.9. The summed E-state index contributed by atoms with van der Waals surface area (Å²) in [5.74, 6) is 5.53. The summed E-state index contributed by atoms with van der Waals surface area (Å²) in [6, 6.07) is -0.629. The van der Waals surface area contributed by atoms with Gasteiger partial charge < -0.3 is 10.1 Å². The van der Waals surface area contributed by atoms with Gasteiger partial charge in [-0.2, -0.15) is 0 Å². The first-order valence-electron chi connectivity index (χ1n) is 5.83. The Bertz CT molecular complexity index is 366. The van der Waals surface area contributed by atoms with Crippen LogP contribution in [0.2, 0.25) is 0 Å². The van der Waals surface area contributed by atoms with E-state index in [1.165, 1.54) is 0 Å². The number of ketones is 1. The van der Waals surface area contributed by atoms with Gasteiger partial charge in [0.2, 0.25) is 5.78 Å². The number of carbonyl (C=O) groups is 2. The fraction of sp³-hybridized carbons (Fsp3) is 0.692. The van der Waals surface area contributed by atoms with E-state index in [1.54, 1.807) is 27.7 Å². The highest BCUT2D eigenvalue weighted by Gasteiger charge is 2.21. The first-order chi connectivity index (χ1) is 7.78. The topological polar surface area (TPSA) is 55.4 Å². The molecule has 0 aromatic carbocycles. The van der Waals surface area contributed by atoms with Crippen molar-refractivity contribution in [2.45, 2.75) is 52.2 Å². The van der Waals surface area contributed by atoms with Crippen LogP contribution in [0.25, 0.3) is 0 Å². The van der Waals surface area contributed by atoms with Crippen LogP contribution in [0.3, 0.4) is 0 Å². The zero-order valence-corrected chi connectivity index (χ0v) is 10.8. The molecule has 1 amide bonds. The van der Waals surface area contributed by atoms with E-state index in [9.17, 15) is 9.59 Å². The van der Waals surface area contributed by atoms with Gasteiger partial charge >= 0.3 is 6.09 Å². The standard InChI is InChI=1S/C13H19NO3/c1-9(11(15)8-7-10-5-6-10)14-12(16)17-13(2,3)4/h9-10H,5-6H2,1-4H3,(H,14,16). The van der Waals surface area contributed by atoms with E-state index in [-0.39, 0.29) is 5.78 Å². The number of Topliss-reactive ketones (excluding diaryl/α,β-unsaturated/α-hetero) is 1. The Balaban J connectivity index is 2.37. The molecule has 1 atom stereocenters. The van der Waals surface area contributed by atoms with E-state index >= 15 is 0 Å². The lowest BCUT2D eigenvalue weighted by atomic mass is 10.2. The van der Waals surface area contributed by atoms with Gasteiger partial charge in [-0.25, -0.2) is 4.79 Å². The van der Waals surface area contributed by atoms with Gasteiger partial charge in [0.15, 0.2) is 0 Å². The second-order valence-corrected chi connectivity index (χ2v) is 5.28. The Morgan fingerprint density at radius 3 is 2.41 bits per heavy atom. The Kier molecular flexibility index (Phi) is 4.17. The van der Waals surface area contributed by atoms with Gasteiger partial charge in [0.25, 0.3) is 0 Å². The number of carbonyl (C=O) groups excluding carboxylic acids is 2. The second kappa shape index (κ2) is 5.22. The smallest absolute Gasteiger partial charge is 0.408 e. The van der Waals surface area contributed by atoms with Crippen LogP contribution in [-0.4, -0.2) is 23.5 Å². The van der Waals surface area contributed by atoms with Crippen LogP contribution < -0.4 is 5.32 Å². The lowest BCUT2D eigenvalue weighted by Crippen LogP contribution is -2.41. The molecule has 0 heterocycles. The first-order valence-corrected chi connectivity index (χ1v) is 5.83. The fourth-order valence-corrected chi connectivity index (χ4v) is 1.06. The van der Waals surface area contributed by atoms with E-state index in [0.29, 0.717) is 5.92 Å². The molecule has 0 radical (unpaired) electrons. The van der Waals surface area contributed by atoms with E-state index in [4.69, 9.17) is 4.74 Å². The van der Waals surface area contributed by atoms with E-state index in [1.807, 2.05) is 0 Å². The van der Waals surface area contributed by atoms with Crippen LogP contribution in [0.1, 0.15) is 40.5 Å². The van der Waals surface area contributed by atoms with Crippen LogP contribution in [-0.2, 0) is 9.53 Å². The quantitative estimate of drug-likeness (QED) is 0.589. The SMILES string of the molecule is CC(NC(=O)OC(C)(C)C)C(=O)C#CC1CC1. The van der Waals surface area contributed by atoms with Gasteiger partial charge in [0.1, 0.15) is 11.6 Å². The number of hydrogen-bond acceptors (Lipinski definition) is 3. The Labute approximate surface area is 102 Å². The molecule has 1 saturated carbocycles. The van der Waals surface area contributed by atoms with Gasteiger partial charge in [-0.15, -0.1) is 0 Å². The molecule has 17 heavy (non-hydrogen) atoms. The van der Waals surface area contributed by atoms with E-state index in [0.717, 1.165) is 12.8 Å². The van der Waals surface area contributed by atoms with Crippen LogP contribution in [0.15, 0.2) is 0 Å². The van der Waals surface area contributed by atoms with E-state index < -0.39 is 17.7 Å². The molecule has 0 aromatic heterocycles. The van der Waals surface area contributed by atoms with Crippen molar-refractivity contribution in [3.63, 3.8) is 0 Å². The molecule has 0 spiro atoms. The average Bonchev–Trinajstić information content (AvgIpc) is 2.93. The van der Waals surface area contributed by atoms with Gasteiger partial charge in [-0.1, -0.05) is 5.92 Å². The molecule has 94 valence electrons. The summed E-state index contributed by atoms with van der Waals surface area (Å²) in [7, 11) is 0. The average molecular weight is 237 g/mol. The first kappa shape index (κ1) is 13.6.